The number of halogens is 4. The number of rotatable bonds is 7. The highest BCUT2D eigenvalue weighted by Crippen LogP contribution is 2.38. The molecule has 1 N–H and O–H groups in total. The summed E-state index contributed by atoms with van der Waals surface area (Å²) in [6.07, 6.45) is -3.87. The van der Waals surface area contributed by atoms with Gasteiger partial charge in [-0.15, -0.1) is 0 Å². The molecule has 36 heavy (non-hydrogen) atoms. The van der Waals surface area contributed by atoms with Gasteiger partial charge in [-0.05, 0) is 60.0 Å². The molecule has 5 nitrogen and oxygen atoms in total. The summed E-state index contributed by atoms with van der Waals surface area (Å²) in [4.78, 5) is 25.6. The first-order chi connectivity index (χ1) is 16.9. The molecule has 0 bridgehead atoms. The average molecular weight is 501 g/mol. The Bertz CT molecular complexity index is 1310. The minimum absolute atomic E-state index is 0.154. The van der Waals surface area contributed by atoms with Crippen molar-refractivity contribution in [1.29, 1.82) is 0 Å². The van der Waals surface area contributed by atoms with E-state index in [0.29, 0.717) is 29.7 Å². The van der Waals surface area contributed by atoms with Crippen LogP contribution in [0.5, 0.6) is 5.75 Å². The number of alkyl halides is 3. The molecule has 0 spiro atoms. The van der Waals surface area contributed by atoms with Crippen LogP contribution in [-0.2, 0) is 30.4 Å². The number of carbonyl (C=O) groups excluding carboxylic acids is 1. The summed E-state index contributed by atoms with van der Waals surface area (Å²) in [7, 11) is 0. The van der Waals surface area contributed by atoms with Gasteiger partial charge in [-0.3, -0.25) is 9.59 Å². The quantitative estimate of drug-likeness (QED) is 0.434. The molecule has 1 aliphatic heterocycles. The lowest BCUT2D eigenvalue weighted by Crippen LogP contribution is -2.35. The monoisotopic (exact) mass is 501 g/mol. The molecule has 188 valence electrons. The van der Waals surface area contributed by atoms with Gasteiger partial charge in [0.05, 0.1) is 5.56 Å². The van der Waals surface area contributed by atoms with Crippen LogP contribution in [0.25, 0.3) is 0 Å². The number of hydrogen-bond donors (Lipinski definition) is 1. The number of hydrogen-bond acceptors (Lipinski definition) is 3. The van der Waals surface area contributed by atoms with Gasteiger partial charge in [-0.2, -0.15) is 13.2 Å². The normalized spacial score (nSPS) is 16.8. The Morgan fingerprint density at radius 1 is 1.06 bits per heavy atom. The van der Waals surface area contributed by atoms with E-state index in [0.717, 1.165) is 17.0 Å². The van der Waals surface area contributed by atoms with Crippen molar-refractivity contribution in [3.63, 3.8) is 0 Å². The van der Waals surface area contributed by atoms with E-state index < -0.39 is 35.8 Å². The highest BCUT2D eigenvalue weighted by molar-refractivity contribution is 5.96. The van der Waals surface area contributed by atoms with Crippen molar-refractivity contribution >= 4 is 11.9 Å². The van der Waals surface area contributed by atoms with Gasteiger partial charge in [0.15, 0.2) is 0 Å². The molecule has 1 atom stereocenters. The first-order valence-electron chi connectivity index (χ1n) is 11.2. The predicted octanol–water partition coefficient (Wildman–Crippen LogP) is 5.51. The lowest BCUT2D eigenvalue weighted by atomic mass is 9.91. The second-order valence-electron chi connectivity index (χ2n) is 9.07. The number of aliphatic carboxylic acids is 1. The fourth-order valence-corrected chi connectivity index (χ4v) is 4.41. The summed E-state index contributed by atoms with van der Waals surface area (Å²) in [6, 6.07) is 15.5. The van der Waals surface area contributed by atoms with Crippen LogP contribution in [-0.4, -0.2) is 34.0 Å². The Balaban J connectivity index is 1.55. The standard InChI is InChI=1S/C27H23F4NO4/c1-26(13-19-6-2-3-8-22(19)28)14-20-12-18(9-10-23(20)36-26)25(35)32(16-24(33)34)15-17-5-4-7-21(11-17)27(29,30)31/h2-12H,13-16H2,1H3,(H,33,34). The number of fused-ring (bicyclic) bond motifs is 1. The summed E-state index contributed by atoms with van der Waals surface area (Å²) in [6.45, 7) is 0.840. The van der Waals surface area contributed by atoms with Crippen molar-refractivity contribution in [1.82, 2.24) is 4.90 Å². The van der Waals surface area contributed by atoms with Crippen LogP contribution < -0.4 is 4.74 Å². The molecule has 0 aromatic heterocycles. The first kappa shape index (κ1) is 25.2. The summed E-state index contributed by atoms with van der Waals surface area (Å²) < 4.78 is 59.5. The van der Waals surface area contributed by atoms with Gasteiger partial charge < -0.3 is 14.7 Å². The number of benzene rings is 3. The molecule has 0 fully saturated rings. The van der Waals surface area contributed by atoms with Gasteiger partial charge in [0, 0.05) is 24.9 Å². The molecule has 0 saturated heterocycles. The summed E-state index contributed by atoms with van der Waals surface area (Å²) in [5.74, 6) is -1.74. The molecule has 3 aromatic carbocycles. The number of ether oxygens (including phenoxy) is 1. The maximum absolute atomic E-state index is 14.2. The minimum Gasteiger partial charge on any atom is -0.487 e. The van der Waals surface area contributed by atoms with Crippen LogP contribution in [0.4, 0.5) is 17.6 Å². The smallest absolute Gasteiger partial charge is 0.416 e. The zero-order valence-electron chi connectivity index (χ0n) is 19.3. The zero-order valence-corrected chi connectivity index (χ0v) is 19.3. The third-order valence-electron chi connectivity index (χ3n) is 5.99. The molecule has 3 aromatic rings. The first-order valence-corrected chi connectivity index (χ1v) is 11.2. The fourth-order valence-electron chi connectivity index (χ4n) is 4.41. The third kappa shape index (κ3) is 5.67. The van der Waals surface area contributed by atoms with Gasteiger partial charge in [-0.1, -0.05) is 30.3 Å². The van der Waals surface area contributed by atoms with E-state index in [9.17, 15) is 32.3 Å². The third-order valence-corrected chi connectivity index (χ3v) is 5.99. The van der Waals surface area contributed by atoms with Crippen molar-refractivity contribution in [2.45, 2.75) is 38.1 Å². The van der Waals surface area contributed by atoms with Crippen LogP contribution in [0, 0.1) is 5.82 Å². The van der Waals surface area contributed by atoms with Crippen molar-refractivity contribution < 1.29 is 37.0 Å². The van der Waals surface area contributed by atoms with E-state index in [1.165, 1.54) is 24.3 Å². The van der Waals surface area contributed by atoms with Crippen molar-refractivity contribution in [2.75, 3.05) is 6.54 Å². The molecule has 0 radical (unpaired) electrons. The van der Waals surface area contributed by atoms with E-state index in [1.807, 2.05) is 6.92 Å². The van der Waals surface area contributed by atoms with Crippen LogP contribution in [0.15, 0.2) is 66.7 Å². The maximum Gasteiger partial charge on any atom is 0.416 e. The molecule has 9 heteroatoms. The Kier molecular flexibility index (Phi) is 6.75. The largest absolute Gasteiger partial charge is 0.487 e. The second-order valence-corrected chi connectivity index (χ2v) is 9.07. The average Bonchev–Trinajstić information content (AvgIpc) is 3.14. The Labute approximate surface area is 204 Å². The highest BCUT2D eigenvalue weighted by Gasteiger charge is 2.36. The van der Waals surface area contributed by atoms with E-state index in [1.54, 1.807) is 30.3 Å². The second kappa shape index (κ2) is 9.64. The molecule has 1 unspecified atom stereocenters. The number of carboxylic acid groups (broad SMARTS) is 1. The van der Waals surface area contributed by atoms with Gasteiger partial charge >= 0.3 is 12.1 Å². The fraction of sp³-hybridized carbons (Fsp3) is 0.259. The maximum atomic E-state index is 14.2. The van der Waals surface area contributed by atoms with Crippen LogP contribution in [0.3, 0.4) is 0 Å². The molecule has 1 heterocycles. The van der Waals surface area contributed by atoms with Gasteiger partial charge in [0.1, 0.15) is 23.7 Å². The summed E-state index contributed by atoms with van der Waals surface area (Å²) >= 11 is 0. The molecule has 0 saturated carbocycles. The van der Waals surface area contributed by atoms with Gasteiger partial charge in [-0.25, -0.2) is 4.39 Å². The molecule has 0 aliphatic carbocycles. The number of nitrogens with zero attached hydrogens (tertiary/aromatic N) is 1. The molecule has 1 amide bonds. The predicted molar refractivity (Wildman–Crippen MR) is 123 cm³/mol. The van der Waals surface area contributed by atoms with Crippen LogP contribution in [0.1, 0.15) is 39.5 Å². The van der Waals surface area contributed by atoms with E-state index >= 15 is 0 Å². The Hall–Kier alpha value is -3.88. The van der Waals surface area contributed by atoms with E-state index in [-0.39, 0.29) is 23.5 Å². The van der Waals surface area contributed by atoms with Crippen molar-refractivity contribution in [2.24, 2.45) is 0 Å². The lowest BCUT2D eigenvalue weighted by molar-refractivity contribution is -0.139. The highest BCUT2D eigenvalue weighted by atomic mass is 19.4. The molecule has 1 aliphatic rings. The zero-order chi connectivity index (χ0) is 26.1. The van der Waals surface area contributed by atoms with Crippen LogP contribution >= 0.6 is 0 Å². The topological polar surface area (TPSA) is 66.8 Å². The summed E-state index contributed by atoms with van der Waals surface area (Å²) in [5, 5.41) is 9.30. The Morgan fingerprint density at radius 3 is 2.50 bits per heavy atom. The molecule has 4 rings (SSSR count). The molecular formula is C27H23F4NO4. The number of amides is 1. The Morgan fingerprint density at radius 2 is 1.81 bits per heavy atom. The number of carbonyl (C=O) groups is 2. The van der Waals surface area contributed by atoms with E-state index in [2.05, 4.69) is 0 Å². The lowest BCUT2D eigenvalue weighted by Gasteiger charge is -2.24. The summed E-state index contributed by atoms with van der Waals surface area (Å²) in [5.41, 5.74) is -0.0918. The SMILES string of the molecule is CC1(Cc2ccccc2F)Cc2cc(C(=O)N(CC(=O)O)Cc3cccc(C(F)(F)F)c3)ccc2O1. The van der Waals surface area contributed by atoms with Crippen molar-refractivity contribution in [3.8, 4) is 5.75 Å². The van der Waals surface area contributed by atoms with Gasteiger partial charge in [0.2, 0.25) is 0 Å². The van der Waals surface area contributed by atoms with E-state index in [4.69, 9.17) is 4.74 Å². The minimum atomic E-state index is -4.56. The number of carboxylic acids is 1. The molecular weight excluding hydrogens is 478 g/mol. The van der Waals surface area contributed by atoms with Gasteiger partial charge in [0.25, 0.3) is 5.91 Å². The van der Waals surface area contributed by atoms with Crippen molar-refractivity contribution in [3.05, 3.63) is 100 Å². The van der Waals surface area contributed by atoms with Crippen LogP contribution in [0.2, 0.25) is 0 Å².